The van der Waals surface area contributed by atoms with Gasteiger partial charge in [0.25, 0.3) is 0 Å². The van der Waals surface area contributed by atoms with Crippen LogP contribution in [0.2, 0.25) is 0 Å². The molecule has 0 radical (unpaired) electrons. The van der Waals surface area contributed by atoms with Crippen LogP contribution in [-0.4, -0.2) is 5.97 Å². The van der Waals surface area contributed by atoms with E-state index in [4.69, 9.17) is 4.74 Å². The summed E-state index contributed by atoms with van der Waals surface area (Å²) in [5, 5.41) is 0. The van der Waals surface area contributed by atoms with Crippen LogP contribution in [0.15, 0.2) is 23.5 Å². The standard InChI is InChI=1S/C11H18O2/c1-5-7-8-10(4)13-11(12)9(3)6-2/h6,8H,5,7H2,1-4H3/b9-6-,10-8+. The van der Waals surface area contributed by atoms with Gasteiger partial charge in [-0.15, -0.1) is 0 Å². The Morgan fingerprint density at radius 2 is 2.00 bits per heavy atom. The second-order valence-corrected chi connectivity index (χ2v) is 2.96. The van der Waals surface area contributed by atoms with Crippen molar-refractivity contribution in [2.45, 2.75) is 40.5 Å². The van der Waals surface area contributed by atoms with Gasteiger partial charge in [0, 0.05) is 5.57 Å². The van der Waals surface area contributed by atoms with Crippen molar-refractivity contribution in [2.24, 2.45) is 0 Å². The number of carbonyl (C=O) groups excluding carboxylic acids is 1. The lowest BCUT2D eigenvalue weighted by atomic mass is 10.3. The van der Waals surface area contributed by atoms with Crippen LogP contribution in [0.3, 0.4) is 0 Å². The molecular formula is C11H18O2. The Bertz CT molecular complexity index is 224. The molecule has 0 amide bonds. The zero-order chi connectivity index (χ0) is 10.3. The van der Waals surface area contributed by atoms with E-state index in [2.05, 4.69) is 6.92 Å². The molecule has 2 nitrogen and oxygen atoms in total. The molecule has 0 bridgehead atoms. The first-order chi connectivity index (χ1) is 6.11. The zero-order valence-electron chi connectivity index (χ0n) is 8.89. The molecule has 74 valence electrons. The van der Waals surface area contributed by atoms with Gasteiger partial charge in [0.1, 0.15) is 5.76 Å². The van der Waals surface area contributed by atoms with Crippen molar-refractivity contribution in [1.29, 1.82) is 0 Å². The number of hydrogen-bond acceptors (Lipinski definition) is 2. The topological polar surface area (TPSA) is 26.3 Å². The highest BCUT2D eigenvalue weighted by Crippen LogP contribution is 2.04. The Morgan fingerprint density at radius 1 is 1.38 bits per heavy atom. The van der Waals surface area contributed by atoms with Gasteiger partial charge in [-0.2, -0.15) is 0 Å². The molecule has 0 saturated heterocycles. The van der Waals surface area contributed by atoms with E-state index in [1.54, 1.807) is 19.9 Å². The van der Waals surface area contributed by atoms with Gasteiger partial charge in [0.2, 0.25) is 0 Å². The Balaban J connectivity index is 4.06. The highest BCUT2D eigenvalue weighted by molar-refractivity contribution is 5.88. The quantitative estimate of drug-likeness (QED) is 0.379. The van der Waals surface area contributed by atoms with Crippen LogP contribution >= 0.6 is 0 Å². The number of unbranched alkanes of at least 4 members (excludes halogenated alkanes) is 1. The Labute approximate surface area is 80.3 Å². The van der Waals surface area contributed by atoms with Crippen molar-refractivity contribution in [1.82, 2.24) is 0 Å². The third-order valence-electron chi connectivity index (χ3n) is 1.73. The van der Waals surface area contributed by atoms with Crippen molar-refractivity contribution >= 4 is 5.97 Å². The van der Waals surface area contributed by atoms with E-state index in [1.807, 2.05) is 13.0 Å². The van der Waals surface area contributed by atoms with Gasteiger partial charge in [0.15, 0.2) is 0 Å². The number of esters is 1. The minimum Gasteiger partial charge on any atom is -0.428 e. The van der Waals surface area contributed by atoms with E-state index in [0.29, 0.717) is 11.3 Å². The molecular weight excluding hydrogens is 164 g/mol. The van der Waals surface area contributed by atoms with E-state index >= 15 is 0 Å². The SMILES string of the molecule is C/C=C(/C)C(=O)O/C(C)=C/CCC. The highest BCUT2D eigenvalue weighted by atomic mass is 16.5. The predicted octanol–water partition coefficient (Wildman–Crippen LogP) is 3.20. The summed E-state index contributed by atoms with van der Waals surface area (Å²) >= 11 is 0. The van der Waals surface area contributed by atoms with Crippen LogP contribution in [0, 0.1) is 0 Å². The molecule has 0 fully saturated rings. The van der Waals surface area contributed by atoms with Crippen LogP contribution in [0.1, 0.15) is 40.5 Å². The summed E-state index contributed by atoms with van der Waals surface area (Å²) in [6.07, 6.45) is 5.70. The number of hydrogen-bond donors (Lipinski definition) is 0. The Kier molecular flexibility index (Phi) is 5.94. The third-order valence-corrected chi connectivity index (χ3v) is 1.73. The lowest BCUT2D eigenvalue weighted by molar-refractivity contribution is -0.134. The molecule has 0 spiro atoms. The summed E-state index contributed by atoms with van der Waals surface area (Å²) in [5.41, 5.74) is 0.643. The molecule has 0 rings (SSSR count). The molecule has 0 aliphatic carbocycles. The fraction of sp³-hybridized carbons (Fsp3) is 0.545. The van der Waals surface area contributed by atoms with Gasteiger partial charge in [-0.3, -0.25) is 0 Å². The maximum Gasteiger partial charge on any atom is 0.338 e. The van der Waals surface area contributed by atoms with Gasteiger partial charge in [-0.1, -0.05) is 19.4 Å². The second kappa shape index (κ2) is 6.46. The number of rotatable bonds is 4. The van der Waals surface area contributed by atoms with Crippen LogP contribution in [0.5, 0.6) is 0 Å². The van der Waals surface area contributed by atoms with Crippen molar-refractivity contribution in [3.63, 3.8) is 0 Å². The smallest absolute Gasteiger partial charge is 0.338 e. The predicted molar refractivity (Wildman–Crippen MR) is 54.2 cm³/mol. The van der Waals surface area contributed by atoms with Crippen molar-refractivity contribution in [2.75, 3.05) is 0 Å². The summed E-state index contributed by atoms with van der Waals surface area (Å²) in [5.74, 6) is 0.431. The Hall–Kier alpha value is -1.05. The Morgan fingerprint density at radius 3 is 2.46 bits per heavy atom. The van der Waals surface area contributed by atoms with Crippen molar-refractivity contribution in [3.05, 3.63) is 23.5 Å². The van der Waals surface area contributed by atoms with Gasteiger partial charge in [0.05, 0.1) is 0 Å². The fourth-order valence-electron chi connectivity index (χ4n) is 0.734. The van der Waals surface area contributed by atoms with Crippen LogP contribution < -0.4 is 0 Å². The minimum absolute atomic E-state index is 0.257. The molecule has 0 aliphatic rings. The first-order valence-electron chi connectivity index (χ1n) is 4.63. The normalized spacial score (nSPS) is 12.9. The zero-order valence-corrected chi connectivity index (χ0v) is 8.89. The summed E-state index contributed by atoms with van der Waals surface area (Å²) in [6, 6.07) is 0. The van der Waals surface area contributed by atoms with E-state index in [1.165, 1.54) is 0 Å². The lowest BCUT2D eigenvalue weighted by Gasteiger charge is -2.03. The summed E-state index contributed by atoms with van der Waals surface area (Å²) in [7, 11) is 0. The molecule has 0 aromatic rings. The van der Waals surface area contributed by atoms with Crippen molar-refractivity contribution < 1.29 is 9.53 Å². The monoisotopic (exact) mass is 182 g/mol. The maximum atomic E-state index is 11.2. The molecule has 0 heterocycles. The molecule has 0 aromatic heterocycles. The average molecular weight is 182 g/mol. The molecule has 0 atom stereocenters. The number of carbonyl (C=O) groups is 1. The molecule has 0 aliphatic heterocycles. The van der Waals surface area contributed by atoms with Crippen LogP contribution in [0.4, 0.5) is 0 Å². The summed E-state index contributed by atoms with van der Waals surface area (Å²) in [4.78, 5) is 11.2. The second-order valence-electron chi connectivity index (χ2n) is 2.96. The number of allylic oxidation sites excluding steroid dienone is 3. The summed E-state index contributed by atoms with van der Waals surface area (Å²) < 4.78 is 5.06. The minimum atomic E-state index is -0.257. The largest absolute Gasteiger partial charge is 0.428 e. The molecule has 13 heavy (non-hydrogen) atoms. The number of ether oxygens (including phenoxy) is 1. The molecule has 0 saturated carbocycles. The molecule has 0 unspecified atom stereocenters. The van der Waals surface area contributed by atoms with E-state index in [9.17, 15) is 4.79 Å². The third kappa shape index (κ3) is 5.23. The van der Waals surface area contributed by atoms with Gasteiger partial charge >= 0.3 is 5.97 Å². The lowest BCUT2D eigenvalue weighted by Crippen LogP contribution is -2.03. The van der Waals surface area contributed by atoms with Gasteiger partial charge < -0.3 is 4.74 Å². The molecule has 0 aromatic carbocycles. The molecule has 0 N–H and O–H groups in total. The van der Waals surface area contributed by atoms with E-state index < -0.39 is 0 Å². The van der Waals surface area contributed by atoms with Gasteiger partial charge in [-0.05, 0) is 33.3 Å². The van der Waals surface area contributed by atoms with Crippen LogP contribution in [-0.2, 0) is 9.53 Å². The average Bonchev–Trinajstić information content (AvgIpc) is 2.13. The fourth-order valence-corrected chi connectivity index (χ4v) is 0.734. The van der Waals surface area contributed by atoms with E-state index in [-0.39, 0.29) is 5.97 Å². The first-order valence-corrected chi connectivity index (χ1v) is 4.63. The highest BCUT2D eigenvalue weighted by Gasteiger charge is 2.04. The van der Waals surface area contributed by atoms with Gasteiger partial charge in [-0.25, -0.2) is 4.79 Å². The van der Waals surface area contributed by atoms with Crippen LogP contribution in [0.25, 0.3) is 0 Å². The van der Waals surface area contributed by atoms with E-state index in [0.717, 1.165) is 12.8 Å². The first kappa shape index (κ1) is 11.9. The molecule has 2 heteroatoms. The maximum absolute atomic E-state index is 11.2. The summed E-state index contributed by atoms with van der Waals surface area (Å²) in [6.45, 7) is 7.45. The van der Waals surface area contributed by atoms with Crippen molar-refractivity contribution in [3.8, 4) is 0 Å².